The van der Waals surface area contributed by atoms with Crippen LogP contribution in [0.2, 0.25) is 0 Å². The van der Waals surface area contributed by atoms with Gasteiger partial charge in [-0.15, -0.1) is 0 Å². The molecule has 13 nitrogen and oxygen atoms in total. The maximum atomic E-state index is 11.5. The molecule has 0 spiro atoms. The summed E-state index contributed by atoms with van der Waals surface area (Å²) in [7, 11) is 0. The molecule has 0 saturated heterocycles. The number of hydrogen-bond acceptors (Lipinski definition) is 8. The summed E-state index contributed by atoms with van der Waals surface area (Å²) in [5, 5.41) is 8.10. The highest BCUT2D eigenvalue weighted by Crippen LogP contribution is 2.07. The van der Waals surface area contributed by atoms with Crippen LogP contribution in [0.1, 0.15) is 101 Å². The fraction of sp³-hybridized carbons (Fsp3) is 0.833. The van der Waals surface area contributed by atoms with E-state index in [-0.39, 0.29) is 17.7 Å². The van der Waals surface area contributed by atoms with Crippen LogP contribution in [0.15, 0.2) is 0 Å². The van der Waals surface area contributed by atoms with Gasteiger partial charge in [-0.2, -0.15) is 0 Å². The number of nitrogens with one attached hydrogen (secondary N) is 3. The van der Waals surface area contributed by atoms with Crippen LogP contribution in [0.25, 0.3) is 0 Å². The zero-order valence-corrected chi connectivity index (χ0v) is 28.2. The molecule has 0 aliphatic rings. The van der Waals surface area contributed by atoms with Crippen LogP contribution < -0.4 is 21.7 Å². The van der Waals surface area contributed by atoms with Gasteiger partial charge in [-0.25, -0.2) is 9.59 Å². The van der Waals surface area contributed by atoms with E-state index in [9.17, 15) is 24.0 Å². The fourth-order valence-electron chi connectivity index (χ4n) is 3.53. The number of carbonyl (C=O) groups excluding carboxylic acids is 5. The van der Waals surface area contributed by atoms with E-state index in [4.69, 9.17) is 15.2 Å². The average Bonchev–Trinajstić information content (AvgIpc) is 2.84. The predicted octanol–water partition coefficient (Wildman–Crippen LogP) is 3.15. The van der Waals surface area contributed by atoms with Crippen LogP contribution in [0.4, 0.5) is 9.59 Å². The van der Waals surface area contributed by atoms with Crippen molar-refractivity contribution in [3.63, 3.8) is 0 Å². The smallest absolute Gasteiger partial charge is 0.407 e. The number of hydrogen-bond donors (Lipinski definition) is 4. The molecule has 0 atom stereocenters. The molecule has 252 valence electrons. The number of rotatable bonds is 17. The summed E-state index contributed by atoms with van der Waals surface area (Å²) in [4.78, 5) is 60.1. The molecule has 0 unspecified atom stereocenters. The number of unbranched alkanes of at least 4 members (excludes halogenated alkanes) is 2. The monoisotopic (exact) mass is 616 g/mol. The summed E-state index contributed by atoms with van der Waals surface area (Å²) in [5.74, 6) is 0.0269. The first-order valence-corrected chi connectivity index (χ1v) is 15.3. The van der Waals surface area contributed by atoms with Gasteiger partial charge in [0.25, 0.3) is 0 Å². The van der Waals surface area contributed by atoms with Gasteiger partial charge in [0.05, 0.1) is 0 Å². The second kappa shape index (κ2) is 23.4. The van der Waals surface area contributed by atoms with Gasteiger partial charge in [-0.1, -0.05) is 0 Å². The van der Waals surface area contributed by atoms with E-state index in [0.717, 1.165) is 38.5 Å². The third kappa shape index (κ3) is 30.2. The molecular weight excluding hydrogens is 556 g/mol. The van der Waals surface area contributed by atoms with Gasteiger partial charge in [0.1, 0.15) is 11.2 Å². The Balaban J connectivity index is 0. The standard InChI is InChI=1S/C16H31N3O4.C14H29N3O3/c1-13(20)17-10-8-12-19(14(2)21)11-7-6-9-18-15(22)23-16(3,4)5;1-12(18)17(11-7-8-15)10-6-5-9-16-13(19)20-14(2,3)4/h6-12H2,1-5H3,(H,17,20)(H,18,22);5-11,15H2,1-4H3,(H,16,19). The third-order valence-corrected chi connectivity index (χ3v) is 5.55. The molecule has 0 fully saturated rings. The van der Waals surface area contributed by atoms with Crippen molar-refractivity contribution in [2.45, 2.75) is 112 Å². The lowest BCUT2D eigenvalue weighted by Crippen LogP contribution is -2.34. The second-order valence-electron chi connectivity index (χ2n) is 12.3. The summed E-state index contributed by atoms with van der Waals surface area (Å²) in [6, 6.07) is 0. The Kier molecular flexibility index (Phi) is 22.9. The predicted molar refractivity (Wildman–Crippen MR) is 168 cm³/mol. The molecule has 0 aliphatic heterocycles. The summed E-state index contributed by atoms with van der Waals surface area (Å²) in [5.41, 5.74) is 4.47. The van der Waals surface area contributed by atoms with E-state index in [0.29, 0.717) is 52.4 Å². The number of nitrogens with zero attached hydrogens (tertiary/aromatic N) is 2. The van der Waals surface area contributed by atoms with Crippen molar-refractivity contribution >= 4 is 29.9 Å². The van der Waals surface area contributed by atoms with Crippen molar-refractivity contribution in [2.75, 3.05) is 52.4 Å². The van der Waals surface area contributed by atoms with Gasteiger partial charge < -0.3 is 41.0 Å². The minimum absolute atomic E-state index is 0.0212. The molecule has 0 aromatic carbocycles. The third-order valence-electron chi connectivity index (χ3n) is 5.55. The molecule has 0 radical (unpaired) electrons. The minimum Gasteiger partial charge on any atom is -0.444 e. The number of ether oxygens (including phenoxy) is 2. The Morgan fingerprint density at radius 2 is 0.907 bits per heavy atom. The number of alkyl carbamates (subject to hydrolysis) is 2. The first kappa shape index (κ1) is 42.0. The Labute approximate surface area is 259 Å². The van der Waals surface area contributed by atoms with Crippen LogP contribution in [-0.4, -0.2) is 103 Å². The Hall–Kier alpha value is -3.09. The van der Waals surface area contributed by atoms with Crippen LogP contribution in [0.3, 0.4) is 0 Å². The lowest BCUT2D eigenvalue weighted by atomic mass is 10.2. The van der Waals surface area contributed by atoms with Gasteiger partial charge in [-0.3, -0.25) is 14.4 Å². The molecule has 5 N–H and O–H groups in total. The normalized spacial score (nSPS) is 10.9. The molecule has 0 aliphatic carbocycles. The van der Waals surface area contributed by atoms with E-state index in [1.165, 1.54) is 13.8 Å². The van der Waals surface area contributed by atoms with Crippen molar-refractivity contribution in [3.05, 3.63) is 0 Å². The molecule has 43 heavy (non-hydrogen) atoms. The van der Waals surface area contributed by atoms with Gasteiger partial charge in [0.15, 0.2) is 0 Å². The first-order valence-electron chi connectivity index (χ1n) is 15.3. The summed E-state index contributed by atoms with van der Waals surface area (Å²) in [6.45, 7) is 20.4. The van der Waals surface area contributed by atoms with E-state index in [2.05, 4.69) is 16.0 Å². The number of carbonyl (C=O) groups is 5. The second-order valence-corrected chi connectivity index (χ2v) is 12.3. The zero-order chi connectivity index (χ0) is 33.5. The summed E-state index contributed by atoms with van der Waals surface area (Å²) >= 11 is 0. The van der Waals surface area contributed by atoms with E-state index in [1.54, 1.807) is 16.7 Å². The Bertz CT molecular complexity index is 825. The van der Waals surface area contributed by atoms with E-state index < -0.39 is 23.4 Å². The Morgan fingerprint density at radius 1 is 0.558 bits per heavy atom. The summed E-state index contributed by atoms with van der Waals surface area (Å²) < 4.78 is 10.3. The van der Waals surface area contributed by atoms with Gasteiger partial charge >= 0.3 is 12.2 Å². The highest BCUT2D eigenvalue weighted by molar-refractivity contribution is 5.74. The minimum atomic E-state index is -0.497. The molecule has 0 aromatic rings. The first-order chi connectivity index (χ1) is 19.9. The molecule has 13 heteroatoms. The molecule has 0 heterocycles. The zero-order valence-electron chi connectivity index (χ0n) is 28.2. The summed E-state index contributed by atoms with van der Waals surface area (Å²) in [6.07, 6.45) is 3.96. The molecular formula is C30H60N6O7. The van der Waals surface area contributed by atoms with Gasteiger partial charge in [-0.05, 0) is 86.6 Å². The molecule has 0 rings (SSSR count). The van der Waals surface area contributed by atoms with Crippen LogP contribution >= 0.6 is 0 Å². The van der Waals surface area contributed by atoms with Gasteiger partial charge in [0.2, 0.25) is 17.7 Å². The Morgan fingerprint density at radius 3 is 1.23 bits per heavy atom. The van der Waals surface area contributed by atoms with Gasteiger partial charge in [0, 0.05) is 66.6 Å². The average molecular weight is 617 g/mol. The van der Waals surface area contributed by atoms with Crippen molar-refractivity contribution in [3.8, 4) is 0 Å². The van der Waals surface area contributed by atoms with E-state index in [1.807, 2.05) is 41.5 Å². The largest absolute Gasteiger partial charge is 0.444 e. The lowest BCUT2D eigenvalue weighted by Gasteiger charge is -2.21. The van der Waals surface area contributed by atoms with Crippen molar-refractivity contribution in [1.82, 2.24) is 25.8 Å². The lowest BCUT2D eigenvalue weighted by molar-refractivity contribution is -0.129. The van der Waals surface area contributed by atoms with Crippen molar-refractivity contribution in [2.24, 2.45) is 5.73 Å². The molecule has 5 amide bonds. The van der Waals surface area contributed by atoms with Crippen molar-refractivity contribution < 1.29 is 33.4 Å². The maximum Gasteiger partial charge on any atom is 0.407 e. The number of nitrogens with two attached hydrogens (primary N) is 1. The molecule has 0 saturated carbocycles. The SMILES string of the molecule is CC(=O)N(CCCN)CCCCNC(=O)OC(C)(C)C.CC(=O)NCCCN(CCCCNC(=O)OC(C)(C)C)C(C)=O. The number of amides is 5. The topological polar surface area (TPSA) is 172 Å². The van der Waals surface area contributed by atoms with Crippen molar-refractivity contribution in [1.29, 1.82) is 0 Å². The van der Waals surface area contributed by atoms with Crippen LogP contribution in [0, 0.1) is 0 Å². The molecule has 0 aromatic heterocycles. The highest BCUT2D eigenvalue weighted by atomic mass is 16.6. The fourth-order valence-corrected chi connectivity index (χ4v) is 3.53. The molecule has 0 bridgehead atoms. The van der Waals surface area contributed by atoms with E-state index >= 15 is 0 Å². The quantitative estimate of drug-likeness (QED) is 0.180. The van der Waals surface area contributed by atoms with Crippen LogP contribution in [-0.2, 0) is 23.9 Å². The van der Waals surface area contributed by atoms with Crippen LogP contribution in [0.5, 0.6) is 0 Å². The highest BCUT2D eigenvalue weighted by Gasteiger charge is 2.16. The maximum absolute atomic E-state index is 11.5.